The quantitative estimate of drug-likeness (QED) is 0.664. The summed E-state index contributed by atoms with van der Waals surface area (Å²) in [7, 11) is 0. The zero-order valence-electron chi connectivity index (χ0n) is 13.3. The first-order chi connectivity index (χ1) is 11.8. The molecular formula is C16H20N6O2. The molecule has 0 aliphatic rings. The van der Waals surface area contributed by atoms with Crippen LogP contribution in [0.5, 0.6) is 0 Å². The SMILES string of the molecule is O=C(NCCCCCCNC(=O)c1cnccn1)c1cnccn1. The van der Waals surface area contributed by atoms with Gasteiger partial charge in [-0.25, -0.2) is 9.97 Å². The number of aromatic nitrogens is 4. The third kappa shape index (κ3) is 6.07. The maximum absolute atomic E-state index is 11.7. The van der Waals surface area contributed by atoms with Crippen LogP contribution in [0.2, 0.25) is 0 Å². The van der Waals surface area contributed by atoms with E-state index < -0.39 is 0 Å². The summed E-state index contributed by atoms with van der Waals surface area (Å²) in [5.41, 5.74) is 0.647. The average Bonchev–Trinajstić information content (AvgIpc) is 2.65. The molecule has 24 heavy (non-hydrogen) atoms. The molecule has 0 radical (unpaired) electrons. The van der Waals surface area contributed by atoms with Crippen LogP contribution in [0.25, 0.3) is 0 Å². The van der Waals surface area contributed by atoms with Crippen molar-refractivity contribution in [1.29, 1.82) is 0 Å². The lowest BCUT2D eigenvalue weighted by atomic mass is 10.2. The van der Waals surface area contributed by atoms with E-state index in [1.54, 1.807) is 0 Å². The summed E-state index contributed by atoms with van der Waals surface area (Å²) in [6.07, 6.45) is 12.6. The summed E-state index contributed by atoms with van der Waals surface area (Å²) in [4.78, 5) is 39.0. The van der Waals surface area contributed by atoms with Crippen molar-refractivity contribution in [2.75, 3.05) is 13.1 Å². The van der Waals surface area contributed by atoms with Gasteiger partial charge < -0.3 is 10.6 Å². The fourth-order valence-corrected chi connectivity index (χ4v) is 2.02. The van der Waals surface area contributed by atoms with E-state index in [0.717, 1.165) is 25.7 Å². The van der Waals surface area contributed by atoms with Gasteiger partial charge in [0.25, 0.3) is 11.8 Å². The Morgan fingerprint density at radius 1 is 0.708 bits per heavy atom. The number of nitrogens with one attached hydrogen (secondary N) is 2. The fraction of sp³-hybridized carbons (Fsp3) is 0.375. The van der Waals surface area contributed by atoms with E-state index in [9.17, 15) is 9.59 Å². The smallest absolute Gasteiger partial charge is 0.271 e. The molecule has 126 valence electrons. The molecule has 0 saturated carbocycles. The molecule has 0 unspecified atom stereocenters. The highest BCUT2D eigenvalue weighted by Gasteiger charge is 2.06. The third-order valence-electron chi connectivity index (χ3n) is 3.27. The van der Waals surface area contributed by atoms with Crippen molar-refractivity contribution in [3.05, 3.63) is 48.6 Å². The Hall–Kier alpha value is -2.90. The first-order valence-corrected chi connectivity index (χ1v) is 7.86. The monoisotopic (exact) mass is 328 g/mol. The van der Waals surface area contributed by atoms with Crippen molar-refractivity contribution in [2.24, 2.45) is 0 Å². The second kappa shape index (κ2) is 9.98. The summed E-state index contributed by atoms with van der Waals surface area (Å²) in [6.45, 7) is 1.20. The van der Waals surface area contributed by atoms with Gasteiger partial charge in [-0.05, 0) is 12.8 Å². The van der Waals surface area contributed by atoms with Gasteiger partial charge in [0.15, 0.2) is 0 Å². The molecule has 0 aliphatic carbocycles. The minimum atomic E-state index is -0.209. The standard InChI is InChI=1S/C16H20N6O2/c23-15(13-11-17-7-9-19-13)21-5-3-1-2-4-6-22-16(24)14-12-18-8-10-20-14/h7-12H,1-6H2,(H,21,23)(H,22,24). The Bertz CT molecular complexity index is 578. The number of nitrogens with zero attached hydrogens (tertiary/aromatic N) is 4. The molecule has 2 aromatic heterocycles. The molecule has 0 saturated heterocycles. The van der Waals surface area contributed by atoms with Crippen LogP contribution in [0.1, 0.15) is 46.7 Å². The maximum atomic E-state index is 11.7. The molecule has 0 aromatic carbocycles. The lowest BCUT2D eigenvalue weighted by molar-refractivity contribution is 0.0938. The molecule has 0 bridgehead atoms. The van der Waals surface area contributed by atoms with E-state index in [-0.39, 0.29) is 11.8 Å². The van der Waals surface area contributed by atoms with Gasteiger partial charge in [0, 0.05) is 37.9 Å². The molecule has 2 heterocycles. The van der Waals surface area contributed by atoms with Crippen molar-refractivity contribution < 1.29 is 9.59 Å². The molecule has 0 aliphatic heterocycles. The lowest BCUT2D eigenvalue weighted by Crippen LogP contribution is -2.26. The van der Waals surface area contributed by atoms with Crippen molar-refractivity contribution >= 4 is 11.8 Å². The van der Waals surface area contributed by atoms with E-state index in [1.807, 2.05) is 0 Å². The molecular weight excluding hydrogens is 308 g/mol. The Morgan fingerprint density at radius 3 is 1.54 bits per heavy atom. The molecule has 0 spiro atoms. The van der Waals surface area contributed by atoms with Crippen LogP contribution in [0.3, 0.4) is 0 Å². The highest BCUT2D eigenvalue weighted by atomic mass is 16.2. The van der Waals surface area contributed by atoms with Crippen molar-refractivity contribution in [3.63, 3.8) is 0 Å². The molecule has 8 nitrogen and oxygen atoms in total. The zero-order valence-corrected chi connectivity index (χ0v) is 13.3. The first-order valence-electron chi connectivity index (χ1n) is 7.86. The Balaban J connectivity index is 1.48. The van der Waals surface area contributed by atoms with Gasteiger partial charge >= 0.3 is 0 Å². The molecule has 2 aromatic rings. The van der Waals surface area contributed by atoms with E-state index in [0.29, 0.717) is 24.5 Å². The predicted molar refractivity (Wildman–Crippen MR) is 87.2 cm³/mol. The van der Waals surface area contributed by atoms with Crippen molar-refractivity contribution in [3.8, 4) is 0 Å². The third-order valence-corrected chi connectivity index (χ3v) is 3.27. The minimum Gasteiger partial charge on any atom is -0.351 e. The topological polar surface area (TPSA) is 110 Å². The number of hydrogen-bond acceptors (Lipinski definition) is 6. The van der Waals surface area contributed by atoms with Gasteiger partial charge in [-0.2, -0.15) is 0 Å². The number of hydrogen-bond donors (Lipinski definition) is 2. The van der Waals surface area contributed by atoms with E-state index in [2.05, 4.69) is 30.6 Å². The fourth-order valence-electron chi connectivity index (χ4n) is 2.02. The number of rotatable bonds is 9. The maximum Gasteiger partial charge on any atom is 0.271 e. The highest BCUT2D eigenvalue weighted by molar-refractivity contribution is 5.92. The van der Waals surface area contributed by atoms with Gasteiger partial charge in [0.2, 0.25) is 0 Å². The molecule has 2 amide bonds. The normalized spacial score (nSPS) is 10.2. The minimum absolute atomic E-state index is 0.209. The summed E-state index contributed by atoms with van der Waals surface area (Å²) >= 11 is 0. The van der Waals surface area contributed by atoms with Crippen LogP contribution in [-0.4, -0.2) is 44.8 Å². The second-order valence-corrected chi connectivity index (χ2v) is 5.11. The number of carbonyl (C=O) groups excluding carboxylic acids is 2. The summed E-state index contributed by atoms with van der Waals surface area (Å²) < 4.78 is 0. The largest absolute Gasteiger partial charge is 0.351 e. The molecule has 0 fully saturated rings. The average molecular weight is 328 g/mol. The van der Waals surface area contributed by atoms with E-state index in [4.69, 9.17) is 0 Å². The number of carbonyl (C=O) groups is 2. The number of unbranched alkanes of at least 4 members (excludes halogenated alkanes) is 3. The summed E-state index contributed by atoms with van der Waals surface area (Å²) in [5, 5.41) is 5.61. The van der Waals surface area contributed by atoms with E-state index >= 15 is 0 Å². The molecule has 8 heteroatoms. The zero-order chi connectivity index (χ0) is 17.0. The van der Waals surface area contributed by atoms with Crippen molar-refractivity contribution in [1.82, 2.24) is 30.6 Å². The molecule has 2 N–H and O–H groups in total. The lowest BCUT2D eigenvalue weighted by Gasteiger charge is -2.05. The first kappa shape index (κ1) is 17.5. The predicted octanol–water partition coefficient (Wildman–Crippen LogP) is 0.987. The molecule has 0 atom stereocenters. The summed E-state index contributed by atoms with van der Waals surface area (Å²) in [6, 6.07) is 0. The second-order valence-electron chi connectivity index (χ2n) is 5.11. The van der Waals surface area contributed by atoms with Crippen LogP contribution >= 0.6 is 0 Å². The van der Waals surface area contributed by atoms with Gasteiger partial charge in [0.1, 0.15) is 11.4 Å². The highest BCUT2D eigenvalue weighted by Crippen LogP contribution is 1.99. The van der Waals surface area contributed by atoms with Crippen LogP contribution < -0.4 is 10.6 Å². The Morgan fingerprint density at radius 2 is 1.17 bits per heavy atom. The molecule has 2 rings (SSSR count). The van der Waals surface area contributed by atoms with Crippen LogP contribution in [0.4, 0.5) is 0 Å². The number of amides is 2. The van der Waals surface area contributed by atoms with Crippen LogP contribution in [0.15, 0.2) is 37.2 Å². The summed E-state index contributed by atoms with van der Waals surface area (Å²) in [5.74, 6) is -0.418. The van der Waals surface area contributed by atoms with E-state index in [1.165, 1.54) is 37.2 Å². The van der Waals surface area contributed by atoms with Crippen molar-refractivity contribution in [2.45, 2.75) is 25.7 Å². The van der Waals surface area contributed by atoms with Crippen LogP contribution in [-0.2, 0) is 0 Å². The van der Waals surface area contributed by atoms with Crippen LogP contribution in [0, 0.1) is 0 Å². The Kier molecular flexibility index (Phi) is 7.26. The Labute approximate surface area is 140 Å². The van der Waals surface area contributed by atoms with Gasteiger partial charge in [-0.3, -0.25) is 19.6 Å². The van der Waals surface area contributed by atoms with Gasteiger partial charge in [-0.15, -0.1) is 0 Å². The van der Waals surface area contributed by atoms with Gasteiger partial charge in [-0.1, -0.05) is 12.8 Å². The van der Waals surface area contributed by atoms with Gasteiger partial charge in [0.05, 0.1) is 12.4 Å².